The van der Waals surface area contributed by atoms with Gasteiger partial charge in [0.2, 0.25) is 11.1 Å². The fourth-order valence-electron chi connectivity index (χ4n) is 2.70. The Morgan fingerprint density at radius 1 is 1.13 bits per heavy atom. The highest BCUT2D eigenvalue weighted by atomic mass is 32.2. The molecule has 0 aliphatic rings. The first-order valence-corrected chi connectivity index (χ1v) is 9.76. The zero-order valence-electron chi connectivity index (χ0n) is 15.7. The summed E-state index contributed by atoms with van der Waals surface area (Å²) >= 11 is 1.10. The molecule has 0 unspecified atom stereocenters. The molecule has 0 spiro atoms. The van der Waals surface area contributed by atoms with Crippen LogP contribution >= 0.6 is 11.8 Å². The molecule has 0 radical (unpaired) electrons. The van der Waals surface area contributed by atoms with E-state index in [1.165, 1.54) is 10.6 Å². The van der Waals surface area contributed by atoms with E-state index in [-0.39, 0.29) is 11.4 Å². The molecule has 0 atom stereocenters. The maximum atomic E-state index is 13.7. The predicted molar refractivity (Wildman–Crippen MR) is 108 cm³/mol. The van der Waals surface area contributed by atoms with Crippen LogP contribution in [0.5, 0.6) is 5.75 Å². The molecule has 30 heavy (non-hydrogen) atoms. The molecule has 152 valence electrons. The second-order valence-corrected chi connectivity index (χ2v) is 7.11. The number of nitrogens with one attached hydrogen (secondary N) is 1. The molecule has 2 aromatic heterocycles. The lowest BCUT2D eigenvalue weighted by Gasteiger charge is -2.06. The summed E-state index contributed by atoms with van der Waals surface area (Å²) in [6.45, 7) is 0. The molecular weight excluding hydrogens is 412 g/mol. The number of fused-ring (bicyclic) bond motifs is 1. The molecule has 1 N–H and O–H groups in total. The lowest BCUT2D eigenvalue weighted by molar-refractivity contribution is -0.113. The van der Waals surface area contributed by atoms with Crippen LogP contribution in [0.3, 0.4) is 0 Å². The second-order valence-electron chi connectivity index (χ2n) is 6.16. The van der Waals surface area contributed by atoms with Crippen molar-refractivity contribution in [3.63, 3.8) is 0 Å². The van der Waals surface area contributed by atoms with E-state index in [0.29, 0.717) is 28.3 Å². The van der Waals surface area contributed by atoms with Crippen LogP contribution in [0.1, 0.15) is 0 Å². The van der Waals surface area contributed by atoms with Crippen LogP contribution in [-0.4, -0.2) is 38.6 Å². The number of carbonyl (C=O) groups is 1. The van der Waals surface area contributed by atoms with Gasteiger partial charge in [-0.25, -0.2) is 8.78 Å². The first kappa shape index (κ1) is 19.8. The van der Waals surface area contributed by atoms with Crippen molar-refractivity contribution in [3.8, 4) is 17.0 Å². The number of anilines is 1. The normalized spacial score (nSPS) is 10.9. The minimum atomic E-state index is -0.842. The summed E-state index contributed by atoms with van der Waals surface area (Å²) < 4.78 is 33.4. The van der Waals surface area contributed by atoms with Crippen LogP contribution in [0, 0.1) is 11.6 Å². The van der Waals surface area contributed by atoms with Crippen molar-refractivity contribution in [2.24, 2.45) is 0 Å². The molecule has 1 amide bonds. The van der Waals surface area contributed by atoms with E-state index < -0.39 is 17.5 Å². The Morgan fingerprint density at radius 3 is 2.80 bits per heavy atom. The van der Waals surface area contributed by atoms with E-state index in [4.69, 9.17) is 4.74 Å². The maximum absolute atomic E-state index is 13.7. The topological polar surface area (TPSA) is 81.4 Å². The predicted octanol–water partition coefficient (Wildman–Crippen LogP) is 3.81. The number of nitrogens with zero attached hydrogens (tertiary/aromatic N) is 4. The van der Waals surface area contributed by atoms with E-state index >= 15 is 0 Å². The fourth-order valence-corrected chi connectivity index (χ4v) is 3.39. The minimum absolute atomic E-state index is 0.0529. The van der Waals surface area contributed by atoms with Gasteiger partial charge < -0.3 is 10.1 Å². The van der Waals surface area contributed by atoms with Crippen molar-refractivity contribution in [3.05, 3.63) is 66.2 Å². The molecule has 7 nitrogen and oxygen atoms in total. The standard InChI is InChI=1S/C20H15F2N5O2S/c1-29-14-4-2-3-12(9-14)16-7-8-18-24-25-20(27(18)26-16)30-11-19(28)23-17-6-5-13(21)10-15(17)22/h2-10H,11H2,1H3,(H,23,28). The molecule has 0 aliphatic carbocycles. The zero-order valence-corrected chi connectivity index (χ0v) is 16.5. The number of carbonyl (C=O) groups excluding carboxylic acids is 1. The van der Waals surface area contributed by atoms with Crippen LogP contribution in [0.25, 0.3) is 16.9 Å². The summed E-state index contributed by atoms with van der Waals surface area (Å²) in [4.78, 5) is 12.2. The van der Waals surface area contributed by atoms with Crippen molar-refractivity contribution in [2.75, 3.05) is 18.2 Å². The van der Waals surface area contributed by atoms with Crippen molar-refractivity contribution in [1.29, 1.82) is 0 Å². The van der Waals surface area contributed by atoms with Crippen molar-refractivity contribution >= 4 is 29.0 Å². The second kappa shape index (κ2) is 8.46. The summed E-state index contributed by atoms with van der Waals surface area (Å²) in [6, 6.07) is 14.0. The molecule has 0 aliphatic heterocycles. The number of hydrogen-bond donors (Lipinski definition) is 1. The van der Waals surface area contributed by atoms with Gasteiger partial charge in [-0.15, -0.1) is 10.2 Å². The first-order valence-electron chi connectivity index (χ1n) is 8.78. The van der Waals surface area contributed by atoms with Crippen LogP contribution in [0.15, 0.2) is 59.8 Å². The summed E-state index contributed by atoms with van der Waals surface area (Å²) in [7, 11) is 1.59. The van der Waals surface area contributed by atoms with E-state index in [1.807, 2.05) is 30.3 Å². The summed E-state index contributed by atoms with van der Waals surface area (Å²) in [5.74, 6) is -1.37. The molecule has 0 saturated carbocycles. The van der Waals surface area contributed by atoms with Crippen molar-refractivity contribution in [2.45, 2.75) is 5.16 Å². The van der Waals surface area contributed by atoms with Gasteiger partial charge in [-0.05, 0) is 36.4 Å². The largest absolute Gasteiger partial charge is 0.497 e. The third-order valence-electron chi connectivity index (χ3n) is 4.14. The van der Waals surface area contributed by atoms with E-state index in [2.05, 4.69) is 20.6 Å². The smallest absolute Gasteiger partial charge is 0.234 e. The Morgan fingerprint density at radius 2 is 2.00 bits per heavy atom. The average molecular weight is 427 g/mol. The van der Waals surface area contributed by atoms with Gasteiger partial charge in [0.15, 0.2) is 5.65 Å². The number of hydrogen-bond acceptors (Lipinski definition) is 6. The summed E-state index contributed by atoms with van der Waals surface area (Å²) in [5, 5.41) is 15.5. The quantitative estimate of drug-likeness (QED) is 0.472. The highest BCUT2D eigenvalue weighted by Crippen LogP contribution is 2.24. The van der Waals surface area contributed by atoms with Gasteiger partial charge in [0, 0.05) is 11.6 Å². The maximum Gasteiger partial charge on any atom is 0.234 e. The van der Waals surface area contributed by atoms with Crippen LogP contribution < -0.4 is 10.1 Å². The number of ether oxygens (including phenoxy) is 1. The fraction of sp³-hybridized carbons (Fsp3) is 0.100. The molecule has 2 aromatic carbocycles. The monoisotopic (exact) mass is 427 g/mol. The molecule has 4 rings (SSSR count). The van der Waals surface area contributed by atoms with Crippen LogP contribution in [-0.2, 0) is 4.79 Å². The molecule has 0 saturated heterocycles. The van der Waals surface area contributed by atoms with Gasteiger partial charge in [-0.1, -0.05) is 23.9 Å². The van der Waals surface area contributed by atoms with Gasteiger partial charge in [0.25, 0.3) is 0 Å². The number of benzene rings is 2. The molecule has 2 heterocycles. The molecule has 0 fully saturated rings. The van der Waals surface area contributed by atoms with Gasteiger partial charge in [-0.3, -0.25) is 4.79 Å². The number of methoxy groups -OCH3 is 1. The van der Waals surface area contributed by atoms with Gasteiger partial charge in [-0.2, -0.15) is 9.61 Å². The SMILES string of the molecule is COc1cccc(-c2ccc3nnc(SCC(=O)Nc4ccc(F)cc4F)n3n2)c1. The molecule has 0 bridgehead atoms. The average Bonchev–Trinajstić information content (AvgIpc) is 3.16. The Labute approximate surface area is 174 Å². The van der Waals surface area contributed by atoms with Crippen molar-refractivity contribution in [1.82, 2.24) is 19.8 Å². The molecule has 4 aromatic rings. The van der Waals surface area contributed by atoms with E-state index in [9.17, 15) is 13.6 Å². The van der Waals surface area contributed by atoms with Crippen LogP contribution in [0.2, 0.25) is 0 Å². The summed E-state index contributed by atoms with van der Waals surface area (Å²) in [5.41, 5.74) is 1.96. The van der Waals surface area contributed by atoms with Gasteiger partial charge in [0.1, 0.15) is 17.4 Å². The highest BCUT2D eigenvalue weighted by Gasteiger charge is 2.13. The van der Waals surface area contributed by atoms with E-state index in [0.717, 1.165) is 23.4 Å². The van der Waals surface area contributed by atoms with E-state index in [1.54, 1.807) is 13.2 Å². The van der Waals surface area contributed by atoms with Crippen LogP contribution in [0.4, 0.5) is 14.5 Å². The molecule has 10 heteroatoms. The number of halogens is 2. The lowest BCUT2D eigenvalue weighted by atomic mass is 10.1. The lowest BCUT2D eigenvalue weighted by Crippen LogP contribution is -2.15. The minimum Gasteiger partial charge on any atom is -0.497 e. The Kier molecular flexibility index (Phi) is 5.57. The summed E-state index contributed by atoms with van der Waals surface area (Å²) in [6.07, 6.45) is 0. The number of amides is 1. The van der Waals surface area contributed by atoms with Crippen molar-refractivity contribution < 1.29 is 18.3 Å². The van der Waals surface area contributed by atoms with Gasteiger partial charge >= 0.3 is 0 Å². The third-order valence-corrected chi connectivity index (χ3v) is 5.06. The molecular formula is C20H15F2N5O2S. The Bertz CT molecular complexity index is 1230. The number of thioether (sulfide) groups is 1. The highest BCUT2D eigenvalue weighted by molar-refractivity contribution is 7.99. The first-order chi connectivity index (χ1) is 14.5. The Hall–Kier alpha value is -3.53. The Balaban J connectivity index is 1.51. The zero-order chi connectivity index (χ0) is 21.1. The third kappa shape index (κ3) is 4.23. The van der Waals surface area contributed by atoms with Gasteiger partial charge in [0.05, 0.1) is 24.2 Å². The number of rotatable bonds is 6. The number of aromatic nitrogens is 4.